The summed E-state index contributed by atoms with van der Waals surface area (Å²) in [4.78, 5) is 2.47. The van der Waals surface area contributed by atoms with Crippen LogP contribution in [0, 0.1) is 0 Å². The van der Waals surface area contributed by atoms with Gasteiger partial charge in [0.05, 0.1) is 4.90 Å². The molecule has 0 unspecified atom stereocenters. The second-order valence-electron chi connectivity index (χ2n) is 4.54. The number of nitrogens with zero attached hydrogens (tertiary/aromatic N) is 1. The minimum atomic E-state index is -3.48. The highest BCUT2D eigenvalue weighted by atomic mass is 79.9. The van der Waals surface area contributed by atoms with Crippen molar-refractivity contribution in [2.45, 2.75) is 4.90 Å². The van der Waals surface area contributed by atoms with Crippen LogP contribution in [-0.4, -0.2) is 51.0 Å². The second kappa shape index (κ2) is 7.13. The first-order chi connectivity index (χ1) is 9.49. The van der Waals surface area contributed by atoms with E-state index in [9.17, 15) is 8.42 Å². The molecule has 0 aliphatic carbocycles. The molecule has 1 aromatic carbocycles. The quantitative estimate of drug-likeness (QED) is 0.755. The molecule has 0 amide bonds. The van der Waals surface area contributed by atoms with Crippen molar-refractivity contribution >= 4 is 43.4 Å². The summed E-state index contributed by atoms with van der Waals surface area (Å²) < 4.78 is 27.6. The lowest BCUT2D eigenvalue weighted by Gasteiger charge is -2.25. The average Bonchev–Trinajstić information content (AvgIpc) is 2.43. The molecule has 8 heteroatoms. The maximum absolute atomic E-state index is 12.1. The van der Waals surface area contributed by atoms with E-state index in [0.29, 0.717) is 16.7 Å². The molecule has 0 saturated carbocycles. The van der Waals surface area contributed by atoms with Crippen molar-refractivity contribution in [3.63, 3.8) is 0 Å². The third-order valence-corrected chi connectivity index (χ3v) is 6.22. The molecule has 20 heavy (non-hydrogen) atoms. The zero-order valence-corrected chi connectivity index (χ0v) is 14.2. The fourth-order valence-corrected chi connectivity index (χ4v) is 4.22. The van der Waals surface area contributed by atoms with Crippen molar-refractivity contribution in [3.05, 3.63) is 22.7 Å². The summed E-state index contributed by atoms with van der Waals surface area (Å²) in [7, 11) is -3.48. The molecule has 2 rings (SSSR count). The van der Waals surface area contributed by atoms with Gasteiger partial charge < -0.3 is 10.6 Å². The number of nitrogens with one attached hydrogen (secondary N) is 1. The van der Waals surface area contributed by atoms with Crippen molar-refractivity contribution in [1.82, 2.24) is 9.62 Å². The highest BCUT2D eigenvalue weighted by Crippen LogP contribution is 2.22. The van der Waals surface area contributed by atoms with E-state index in [2.05, 4.69) is 25.6 Å². The lowest BCUT2D eigenvalue weighted by Crippen LogP contribution is -2.39. The van der Waals surface area contributed by atoms with Gasteiger partial charge in [-0.05, 0) is 34.1 Å². The van der Waals surface area contributed by atoms with Crippen molar-refractivity contribution in [3.8, 4) is 0 Å². The van der Waals surface area contributed by atoms with Gasteiger partial charge in [-0.25, -0.2) is 13.1 Å². The van der Waals surface area contributed by atoms with Gasteiger partial charge in [0.15, 0.2) is 0 Å². The first-order valence-corrected chi connectivity index (χ1v) is 9.77. The Balaban J connectivity index is 1.91. The number of hydrogen-bond acceptors (Lipinski definition) is 5. The second-order valence-corrected chi connectivity index (χ2v) is 8.38. The number of benzene rings is 1. The van der Waals surface area contributed by atoms with Gasteiger partial charge in [0.2, 0.25) is 10.0 Å². The van der Waals surface area contributed by atoms with Crippen LogP contribution >= 0.6 is 27.7 Å². The molecule has 0 atom stereocenters. The number of hydrogen-bond donors (Lipinski definition) is 2. The van der Waals surface area contributed by atoms with Crippen LogP contribution in [0.1, 0.15) is 0 Å². The van der Waals surface area contributed by atoms with Gasteiger partial charge in [0, 0.05) is 47.8 Å². The molecule has 1 heterocycles. The van der Waals surface area contributed by atoms with Crippen LogP contribution < -0.4 is 10.5 Å². The summed E-state index contributed by atoms with van der Waals surface area (Å²) in [6, 6.07) is 4.65. The van der Waals surface area contributed by atoms with Crippen LogP contribution in [-0.2, 0) is 10.0 Å². The van der Waals surface area contributed by atoms with Crippen molar-refractivity contribution < 1.29 is 8.42 Å². The van der Waals surface area contributed by atoms with E-state index >= 15 is 0 Å². The third-order valence-electron chi connectivity index (χ3n) is 3.10. The fraction of sp³-hybridized carbons (Fsp3) is 0.500. The van der Waals surface area contributed by atoms with E-state index in [1.807, 2.05) is 11.8 Å². The van der Waals surface area contributed by atoms with Crippen LogP contribution in [0.15, 0.2) is 27.6 Å². The minimum absolute atomic E-state index is 0.201. The summed E-state index contributed by atoms with van der Waals surface area (Å²) in [6.45, 7) is 3.21. The molecule has 1 fully saturated rings. The Hall–Kier alpha value is -0.280. The van der Waals surface area contributed by atoms with E-state index in [0.717, 1.165) is 31.1 Å². The van der Waals surface area contributed by atoms with E-state index in [1.54, 1.807) is 12.1 Å². The van der Waals surface area contributed by atoms with E-state index in [1.165, 1.54) is 6.07 Å². The highest BCUT2D eigenvalue weighted by molar-refractivity contribution is 9.10. The molecule has 1 aliphatic heterocycles. The number of halogens is 1. The first-order valence-electron chi connectivity index (χ1n) is 6.34. The smallest absolute Gasteiger partial charge is 0.240 e. The maximum Gasteiger partial charge on any atom is 0.240 e. The molecule has 0 bridgehead atoms. The third kappa shape index (κ3) is 4.36. The molecule has 0 spiro atoms. The van der Waals surface area contributed by atoms with Crippen LogP contribution in [0.4, 0.5) is 5.69 Å². The summed E-state index contributed by atoms with van der Waals surface area (Å²) in [6.07, 6.45) is 0. The number of rotatable bonds is 5. The molecule has 1 aliphatic rings. The van der Waals surface area contributed by atoms with Gasteiger partial charge in [-0.3, -0.25) is 0 Å². The van der Waals surface area contributed by atoms with Crippen molar-refractivity contribution in [2.75, 3.05) is 43.4 Å². The Bertz CT molecular complexity index is 560. The van der Waals surface area contributed by atoms with Gasteiger partial charge in [-0.15, -0.1) is 0 Å². The Morgan fingerprint density at radius 2 is 2.05 bits per heavy atom. The van der Waals surface area contributed by atoms with Crippen LogP contribution in [0.2, 0.25) is 0 Å². The Labute approximate surface area is 132 Å². The lowest BCUT2D eigenvalue weighted by atomic mass is 10.3. The number of nitrogen functional groups attached to an aromatic ring is 1. The van der Waals surface area contributed by atoms with E-state index < -0.39 is 10.0 Å². The maximum atomic E-state index is 12.1. The van der Waals surface area contributed by atoms with Gasteiger partial charge in [0.1, 0.15) is 0 Å². The lowest BCUT2D eigenvalue weighted by molar-refractivity contribution is 0.307. The minimum Gasteiger partial charge on any atom is -0.398 e. The van der Waals surface area contributed by atoms with Crippen LogP contribution in [0.3, 0.4) is 0 Å². The van der Waals surface area contributed by atoms with Gasteiger partial charge in [0.25, 0.3) is 0 Å². The van der Waals surface area contributed by atoms with Crippen LogP contribution in [0.5, 0.6) is 0 Å². The molecule has 5 nitrogen and oxygen atoms in total. The molecule has 3 N–H and O–H groups in total. The number of sulfonamides is 1. The summed E-state index contributed by atoms with van der Waals surface area (Å²) in [5.41, 5.74) is 6.13. The standard InChI is InChI=1S/C12H18BrN3O2S2/c13-11-2-1-10(9-12(11)14)20(17,18)15-3-4-16-5-7-19-8-6-16/h1-2,9,15H,3-8,14H2. The normalized spacial score (nSPS) is 17.2. The Morgan fingerprint density at radius 1 is 1.35 bits per heavy atom. The predicted octanol–water partition coefficient (Wildman–Crippen LogP) is 1.36. The number of nitrogens with two attached hydrogens (primary N) is 1. The monoisotopic (exact) mass is 379 g/mol. The molecule has 0 radical (unpaired) electrons. The van der Waals surface area contributed by atoms with Crippen LogP contribution in [0.25, 0.3) is 0 Å². The van der Waals surface area contributed by atoms with E-state index in [4.69, 9.17) is 5.73 Å². The summed E-state index contributed by atoms with van der Waals surface area (Å²) in [5, 5.41) is 0. The fourth-order valence-electron chi connectivity index (χ4n) is 1.94. The van der Waals surface area contributed by atoms with Gasteiger partial charge >= 0.3 is 0 Å². The zero-order valence-electron chi connectivity index (χ0n) is 11.0. The topological polar surface area (TPSA) is 75.4 Å². The van der Waals surface area contributed by atoms with Gasteiger partial charge in [-0.2, -0.15) is 11.8 Å². The highest BCUT2D eigenvalue weighted by Gasteiger charge is 2.16. The largest absolute Gasteiger partial charge is 0.398 e. The zero-order chi connectivity index (χ0) is 14.6. The average molecular weight is 380 g/mol. The molecule has 1 saturated heterocycles. The SMILES string of the molecule is Nc1cc(S(=O)(=O)NCCN2CCSCC2)ccc1Br. The molecule has 112 valence electrons. The summed E-state index contributed by atoms with van der Waals surface area (Å²) in [5.74, 6) is 2.24. The van der Waals surface area contributed by atoms with Gasteiger partial charge in [-0.1, -0.05) is 0 Å². The molecule has 1 aromatic rings. The van der Waals surface area contributed by atoms with Crippen molar-refractivity contribution in [2.24, 2.45) is 0 Å². The number of anilines is 1. The van der Waals surface area contributed by atoms with Crippen molar-refractivity contribution in [1.29, 1.82) is 0 Å². The summed E-state index contributed by atoms with van der Waals surface area (Å²) >= 11 is 5.19. The molecule has 0 aromatic heterocycles. The molecular weight excluding hydrogens is 362 g/mol. The Morgan fingerprint density at radius 3 is 2.70 bits per heavy atom. The molecular formula is C12H18BrN3O2S2. The number of thioether (sulfide) groups is 1. The first kappa shape index (κ1) is 16.1. The van der Waals surface area contributed by atoms with E-state index in [-0.39, 0.29) is 4.90 Å². The Kier molecular flexibility index (Phi) is 5.74. The predicted molar refractivity (Wildman–Crippen MR) is 87.5 cm³/mol.